The molecule has 2 heterocycles. The summed E-state index contributed by atoms with van der Waals surface area (Å²) in [6, 6.07) is 19.0. The van der Waals surface area contributed by atoms with Gasteiger partial charge in [0.15, 0.2) is 5.13 Å². The maximum Gasteiger partial charge on any atom is 0.301 e. The number of nitrogens with zero attached hydrogens (tertiary/aromatic N) is 2. The van der Waals surface area contributed by atoms with Crippen LogP contribution in [0.4, 0.5) is 5.13 Å². The van der Waals surface area contributed by atoms with Crippen molar-refractivity contribution in [3.63, 3.8) is 0 Å². The van der Waals surface area contributed by atoms with E-state index >= 15 is 0 Å². The van der Waals surface area contributed by atoms with Gasteiger partial charge >= 0.3 is 5.91 Å². The Hall–Kier alpha value is -4.17. The minimum atomic E-state index is -0.857. The molecule has 1 N–H and O–H groups in total. The summed E-state index contributed by atoms with van der Waals surface area (Å²) < 4.78 is 12.0. The molecule has 0 spiro atoms. The van der Waals surface area contributed by atoms with Crippen LogP contribution in [-0.2, 0) is 9.59 Å². The average Bonchev–Trinajstić information content (AvgIpc) is 3.42. The molecule has 0 aliphatic carbocycles. The molecule has 7 nitrogen and oxygen atoms in total. The molecule has 0 unspecified atom stereocenters. The molecule has 1 aliphatic heterocycles. The van der Waals surface area contributed by atoms with Gasteiger partial charge < -0.3 is 14.6 Å². The lowest BCUT2D eigenvalue weighted by molar-refractivity contribution is -0.132. The third-order valence-corrected chi connectivity index (χ3v) is 7.15. The van der Waals surface area contributed by atoms with E-state index in [9.17, 15) is 14.7 Å². The van der Waals surface area contributed by atoms with E-state index < -0.39 is 17.7 Å². The fourth-order valence-corrected chi connectivity index (χ4v) is 5.50. The number of hydrogen-bond acceptors (Lipinski definition) is 7. The summed E-state index contributed by atoms with van der Waals surface area (Å²) in [5.74, 6) is -0.430. The molecule has 3 aromatic carbocycles. The zero-order chi connectivity index (χ0) is 26.1. The Morgan fingerprint density at radius 2 is 1.57 bits per heavy atom. The number of amides is 1. The number of aryl methyl sites for hydroxylation is 1. The molecule has 4 aromatic rings. The minimum Gasteiger partial charge on any atom is -0.507 e. The summed E-state index contributed by atoms with van der Waals surface area (Å²) in [7, 11) is 0. The Balaban J connectivity index is 1.66. The molecule has 8 heteroatoms. The number of Topliss-reactive ketones (excluding diaryl/α,β-unsaturated/α-hetero) is 1. The molecule has 1 saturated heterocycles. The van der Waals surface area contributed by atoms with Crippen molar-refractivity contribution in [2.75, 3.05) is 18.1 Å². The van der Waals surface area contributed by atoms with Crippen LogP contribution >= 0.6 is 11.3 Å². The number of aliphatic hydroxyl groups is 1. The van der Waals surface area contributed by atoms with E-state index in [0.717, 1.165) is 15.8 Å². The molecule has 1 fully saturated rings. The third kappa shape index (κ3) is 4.56. The maximum atomic E-state index is 13.4. The summed E-state index contributed by atoms with van der Waals surface area (Å²) in [4.78, 5) is 32.9. The molecule has 5 rings (SSSR count). The lowest BCUT2D eigenvalue weighted by Gasteiger charge is -2.23. The quantitative estimate of drug-likeness (QED) is 0.184. The molecule has 188 valence electrons. The van der Waals surface area contributed by atoms with Gasteiger partial charge in [-0.15, -0.1) is 0 Å². The van der Waals surface area contributed by atoms with Crippen molar-refractivity contribution in [1.82, 2.24) is 4.98 Å². The number of carbonyl (C=O) groups is 2. The van der Waals surface area contributed by atoms with Crippen molar-refractivity contribution in [1.29, 1.82) is 0 Å². The van der Waals surface area contributed by atoms with Gasteiger partial charge in [-0.25, -0.2) is 4.98 Å². The van der Waals surface area contributed by atoms with Gasteiger partial charge in [-0.3, -0.25) is 14.5 Å². The van der Waals surface area contributed by atoms with Gasteiger partial charge in [0.1, 0.15) is 17.3 Å². The van der Waals surface area contributed by atoms with Crippen LogP contribution in [0.1, 0.15) is 36.6 Å². The van der Waals surface area contributed by atoms with Gasteiger partial charge in [-0.2, -0.15) is 0 Å². The highest BCUT2D eigenvalue weighted by Crippen LogP contribution is 2.44. The molecule has 1 amide bonds. The van der Waals surface area contributed by atoms with E-state index in [1.54, 1.807) is 48.5 Å². The number of carbonyl (C=O) groups excluding carboxylic acids is 2. The first-order valence-electron chi connectivity index (χ1n) is 12.1. The van der Waals surface area contributed by atoms with Crippen LogP contribution in [0.2, 0.25) is 0 Å². The fourth-order valence-electron chi connectivity index (χ4n) is 4.41. The van der Waals surface area contributed by atoms with Crippen LogP contribution in [-0.4, -0.2) is 35.0 Å². The normalized spacial score (nSPS) is 16.9. The standard InChI is InChI=1S/C29H26N2O5S/c1-4-35-20-11-7-18(8-12-20)25-24(26(32)19-9-13-21(14-10-19)36-5-2)27(33)28(34)31(25)29-30-22-15-6-17(3)16-23(22)37-29/h6-16,25,32H,4-5H2,1-3H3/t25-/m0/s1. The van der Waals surface area contributed by atoms with Gasteiger partial charge in [-0.1, -0.05) is 29.5 Å². The molecule has 0 saturated carbocycles. The SMILES string of the molecule is CCOc1ccc(C(O)=C2C(=O)C(=O)N(c3nc4ccc(C)cc4s3)[C@H]2c2ccc(OCC)cc2)cc1. The molecule has 0 bridgehead atoms. The lowest BCUT2D eigenvalue weighted by Crippen LogP contribution is -2.29. The van der Waals surface area contributed by atoms with Crippen LogP contribution in [0.5, 0.6) is 11.5 Å². The molecule has 37 heavy (non-hydrogen) atoms. The summed E-state index contributed by atoms with van der Waals surface area (Å²) in [5.41, 5.74) is 2.89. The van der Waals surface area contributed by atoms with Crippen molar-refractivity contribution in [2.24, 2.45) is 0 Å². The summed E-state index contributed by atoms with van der Waals surface area (Å²) >= 11 is 1.34. The predicted octanol–water partition coefficient (Wildman–Crippen LogP) is 6.03. The Kier molecular flexibility index (Phi) is 6.67. The number of anilines is 1. The topological polar surface area (TPSA) is 89.0 Å². The number of rotatable bonds is 7. The van der Waals surface area contributed by atoms with Crippen LogP contribution in [0, 0.1) is 6.92 Å². The van der Waals surface area contributed by atoms with Gasteiger partial charge in [0.05, 0.1) is 35.0 Å². The predicted molar refractivity (Wildman–Crippen MR) is 144 cm³/mol. The van der Waals surface area contributed by atoms with Crippen molar-refractivity contribution in [3.05, 3.63) is 89.0 Å². The average molecular weight is 515 g/mol. The molecule has 0 radical (unpaired) electrons. The summed E-state index contributed by atoms with van der Waals surface area (Å²) in [6.45, 7) is 6.79. The van der Waals surface area contributed by atoms with Crippen molar-refractivity contribution >= 4 is 44.1 Å². The van der Waals surface area contributed by atoms with Gasteiger partial charge in [0, 0.05) is 5.56 Å². The molecule has 1 aromatic heterocycles. The number of aliphatic hydroxyl groups excluding tert-OH is 1. The first-order chi connectivity index (χ1) is 17.9. The number of aromatic nitrogens is 1. The highest BCUT2D eigenvalue weighted by atomic mass is 32.1. The zero-order valence-electron chi connectivity index (χ0n) is 20.7. The highest BCUT2D eigenvalue weighted by molar-refractivity contribution is 7.22. The zero-order valence-corrected chi connectivity index (χ0v) is 21.5. The van der Waals surface area contributed by atoms with Crippen molar-refractivity contribution in [2.45, 2.75) is 26.8 Å². The van der Waals surface area contributed by atoms with E-state index in [2.05, 4.69) is 4.98 Å². The van der Waals surface area contributed by atoms with Gasteiger partial charge in [0.2, 0.25) is 0 Å². The van der Waals surface area contributed by atoms with Crippen molar-refractivity contribution < 1.29 is 24.2 Å². The smallest absolute Gasteiger partial charge is 0.301 e. The first kappa shape index (κ1) is 24.5. The summed E-state index contributed by atoms with van der Waals surface area (Å²) in [6.07, 6.45) is 0. The second-order valence-corrected chi connectivity index (χ2v) is 9.61. The lowest BCUT2D eigenvalue weighted by atomic mass is 9.95. The summed E-state index contributed by atoms with van der Waals surface area (Å²) in [5, 5.41) is 11.7. The largest absolute Gasteiger partial charge is 0.507 e. The van der Waals surface area contributed by atoms with E-state index in [0.29, 0.717) is 41.0 Å². The van der Waals surface area contributed by atoms with Crippen LogP contribution in [0.3, 0.4) is 0 Å². The van der Waals surface area contributed by atoms with E-state index in [1.165, 1.54) is 16.2 Å². The number of benzene rings is 3. The Labute approximate surface area is 218 Å². The van der Waals surface area contributed by atoms with E-state index in [-0.39, 0.29) is 11.3 Å². The second kappa shape index (κ2) is 10.1. The number of ether oxygens (including phenoxy) is 2. The third-order valence-electron chi connectivity index (χ3n) is 6.13. The number of ketones is 1. The van der Waals surface area contributed by atoms with Crippen LogP contribution in [0.25, 0.3) is 16.0 Å². The van der Waals surface area contributed by atoms with E-state index in [1.807, 2.05) is 39.0 Å². The molecular formula is C29H26N2O5S. The second-order valence-electron chi connectivity index (χ2n) is 8.60. The Morgan fingerprint density at radius 1 is 0.946 bits per heavy atom. The number of hydrogen-bond donors (Lipinski definition) is 1. The molecular weight excluding hydrogens is 488 g/mol. The first-order valence-corrected chi connectivity index (χ1v) is 12.9. The fraction of sp³-hybridized carbons (Fsp3) is 0.207. The van der Waals surface area contributed by atoms with Crippen molar-refractivity contribution in [3.8, 4) is 11.5 Å². The van der Waals surface area contributed by atoms with Crippen LogP contribution < -0.4 is 14.4 Å². The Morgan fingerprint density at radius 3 is 2.19 bits per heavy atom. The van der Waals surface area contributed by atoms with Gasteiger partial charge in [0.25, 0.3) is 5.78 Å². The number of fused-ring (bicyclic) bond motifs is 1. The molecule has 1 atom stereocenters. The number of thiazole rings is 1. The minimum absolute atomic E-state index is 0.00811. The molecule has 1 aliphatic rings. The van der Waals surface area contributed by atoms with Crippen LogP contribution in [0.15, 0.2) is 72.3 Å². The Bertz CT molecular complexity index is 1510. The maximum absolute atomic E-state index is 13.4. The van der Waals surface area contributed by atoms with E-state index in [4.69, 9.17) is 9.47 Å². The highest BCUT2D eigenvalue weighted by Gasteiger charge is 2.48. The van der Waals surface area contributed by atoms with Gasteiger partial charge in [-0.05, 0) is 80.4 Å². The monoisotopic (exact) mass is 514 g/mol.